The highest BCUT2D eigenvalue weighted by molar-refractivity contribution is 6.21. The smallest absolute Gasteiger partial charge is 0.258 e. The van der Waals surface area contributed by atoms with Crippen LogP contribution in [-0.4, -0.2) is 34.1 Å². The molecule has 1 aromatic carbocycles. The van der Waals surface area contributed by atoms with Crippen LogP contribution < -0.4 is 15.2 Å². The van der Waals surface area contributed by atoms with Crippen molar-refractivity contribution in [2.24, 2.45) is 10.9 Å². The predicted octanol–water partition coefficient (Wildman–Crippen LogP) is 4.38. The van der Waals surface area contributed by atoms with Gasteiger partial charge in [-0.25, -0.2) is 19.4 Å². The zero-order valence-corrected chi connectivity index (χ0v) is 19.3. The van der Waals surface area contributed by atoms with E-state index in [-0.39, 0.29) is 35.9 Å². The number of nitrogens with zero attached hydrogens (tertiary/aromatic N) is 4. The molecule has 3 aliphatic rings. The van der Waals surface area contributed by atoms with E-state index in [4.69, 9.17) is 24.9 Å². The quantitative estimate of drug-likeness (QED) is 0.667. The average Bonchev–Trinajstić information content (AvgIpc) is 2.81. The number of hydrogen-bond acceptors (Lipinski definition) is 8. The van der Waals surface area contributed by atoms with E-state index in [9.17, 15) is 9.65 Å². The van der Waals surface area contributed by atoms with Crippen molar-refractivity contribution in [1.29, 1.82) is 5.26 Å². The first-order valence-electron chi connectivity index (χ1n) is 11.5. The number of halogens is 1. The second kappa shape index (κ2) is 8.60. The number of nitrogens with two attached hydrogens (primary N) is 1. The standard InChI is InChI=1S/C25H26FN5O3/c1-12(2)17-8-14(10-27)22-18-11-29-23(28)25(31-18)32-13(3)16-9-15(26)4-5-19(16)33-20-6-7-21(20)34-24(22)30-17/h4-5,9,11-13,17,20-21H,6-8H2,1-3H3,(H2,28,29). The zero-order valence-electron chi connectivity index (χ0n) is 19.3. The Morgan fingerprint density at radius 1 is 1.18 bits per heavy atom. The molecule has 0 radical (unpaired) electrons. The normalized spacial score (nSPS) is 25.8. The van der Waals surface area contributed by atoms with Gasteiger partial charge < -0.3 is 19.9 Å². The molecule has 2 aliphatic heterocycles. The number of hydrogen-bond donors (Lipinski definition) is 1. The van der Waals surface area contributed by atoms with E-state index in [0.717, 1.165) is 12.8 Å². The maximum atomic E-state index is 14.1. The molecular formula is C25H26FN5O3. The SMILES string of the molecule is CC1Oc2nc(cnc2N)C2=C(C#N)CC(C(C)C)N=C2OC2CCC2Oc2ccc(F)cc21. The summed E-state index contributed by atoms with van der Waals surface area (Å²) in [7, 11) is 0. The van der Waals surface area contributed by atoms with Crippen molar-refractivity contribution in [2.75, 3.05) is 5.73 Å². The molecule has 176 valence electrons. The van der Waals surface area contributed by atoms with Gasteiger partial charge in [-0.3, -0.25) is 0 Å². The molecule has 0 saturated heterocycles. The van der Waals surface area contributed by atoms with Gasteiger partial charge in [-0.2, -0.15) is 5.26 Å². The average molecular weight is 464 g/mol. The number of nitrogen functional groups attached to an aromatic ring is 1. The largest absolute Gasteiger partial charge is 0.486 e. The van der Waals surface area contributed by atoms with Crippen LogP contribution in [0.4, 0.5) is 10.2 Å². The van der Waals surface area contributed by atoms with Gasteiger partial charge in [-0.15, -0.1) is 0 Å². The Kier molecular flexibility index (Phi) is 5.60. The van der Waals surface area contributed by atoms with Gasteiger partial charge >= 0.3 is 0 Å². The fourth-order valence-corrected chi connectivity index (χ4v) is 4.32. The summed E-state index contributed by atoms with van der Waals surface area (Å²) in [5.41, 5.74) is 8.01. The molecular weight excluding hydrogens is 437 g/mol. The minimum Gasteiger partial charge on any atom is -0.486 e. The van der Waals surface area contributed by atoms with Crippen molar-refractivity contribution < 1.29 is 18.6 Å². The van der Waals surface area contributed by atoms with Gasteiger partial charge in [0.25, 0.3) is 5.88 Å². The zero-order chi connectivity index (χ0) is 24.0. The lowest BCUT2D eigenvalue weighted by Crippen LogP contribution is -2.45. The highest BCUT2D eigenvalue weighted by Gasteiger charge is 2.39. The van der Waals surface area contributed by atoms with Gasteiger partial charge in [0.05, 0.1) is 29.6 Å². The second-order valence-corrected chi connectivity index (χ2v) is 9.19. The van der Waals surface area contributed by atoms with E-state index in [1.165, 1.54) is 18.3 Å². The Bertz CT molecular complexity index is 1240. The summed E-state index contributed by atoms with van der Waals surface area (Å²) >= 11 is 0. The van der Waals surface area contributed by atoms with Crippen molar-refractivity contribution in [3.05, 3.63) is 47.0 Å². The number of ether oxygens (including phenoxy) is 3. The molecule has 1 fully saturated rings. The molecule has 9 heteroatoms. The molecule has 0 spiro atoms. The summed E-state index contributed by atoms with van der Waals surface area (Å²) in [6.07, 6.45) is 2.39. The monoisotopic (exact) mass is 463 g/mol. The minimum absolute atomic E-state index is 0.0811. The Hall–Kier alpha value is -3.67. The van der Waals surface area contributed by atoms with Crippen LogP contribution in [0.3, 0.4) is 0 Å². The van der Waals surface area contributed by atoms with Gasteiger partial charge in [0.2, 0.25) is 5.90 Å². The van der Waals surface area contributed by atoms with Crippen LogP contribution in [-0.2, 0) is 4.74 Å². The number of aliphatic imine (C=N–C) groups is 1. The van der Waals surface area contributed by atoms with Crippen LogP contribution in [0.5, 0.6) is 11.6 Å². The third-order valence-corrected chi connectivity index (χ3v) is 6.53. The fourth-order valence-electron chi connectivity index (χ4n) is 4.32. The highest BCUT2D eigenvalue weighted by atomic mass is 19.1. The molecule has 4 unspecified atom stereocenters. The molecule has 0 amide bonds. The molecule has 4 atom stereocenters. The van der Waals surface area contributed by atoms with Gasteiger partial charge in [0, 0.05) is 17.6 Å². The maximum absolute atomic E-state index is 14.1. The van der Waals surface area contributed by atoms with Crippen molar-refractivity contribution in [3.8, 4) is 17.7 Å². The number of aromatic nitrogens is 2. The van der Waals surface area contributed by atoms with E-state index in [1.807, 2.05) is 0 Å². The van der Waals surface area contributed by atoms with E-state index in [0.29, 0.717) is 40.5 Å². The number of nitriles is 1. The summed E-state index contributed by atoms with van der Waals surface area (Å²) < 4.78 is 32.8. The minimum atomic E-state index is -0.619. The van der Waals surface area contributed by atoms with Gasteiger partial charge in [0.1, 0.15) is 29.9 Å². The molecule has 2 aromatic rings. The van der Waals surface area contributed by atoms with Crippen LogP contribution in [0, 0.1) is 23.1 Å². The van der Waals surface area contributed by atoms with Gasteiger partial charge in [-0.1, -0.05) is 13.8 Å². The van der Waals surface area contributed by atoms with E-state index in [2.05, 4.69) is 29.9 Å². The van der Waals surface area contributed by atoms with E-state index < -0.39 is 11.9 Å². The van der Waals surface area contributed by atoms with Crippen LogP contribution in [0.25, 0.3) is 5.57 Å². The summed E-state index contributed by atoms with van der Waals surface area (Å²) in [5, 5.41) is 9.98. The molecule has 2 bridgehead atoms. The second-order valence-electron chi connectivity index (χ2n) is 9.19. The molecule has 1 aliphatic carbocycles. The van der Waals surface area contributed by atoms with Crippen LogP contribution >= 0.6 is 0 Å². The van der Waals surface area contributed by atoms with Crippen LogP contribution in [0.1, 0.15) is 57.4 Å². The Labute approximate surface area is 197 Å². The Morgan fingerprint density at radius 3 is 2.65 bits per heavy atom. The lowest BCUT2D eigenvalue weighted by Gasteiger charge is -2.38. The number of benzene rings is 1. The topological polar surface area (TPSA) is 116 Å². The highest BCUT2D eigenvalue weighted by Crippen LogP contribution is 2.39. The van der Waals surface area contributed by atoms with Gasteiger partial charge in [-0.05, 0) is 43.9 Å². The van der Waals surface area contributed by atoms with Crippen molar-refractivity contribution in [2.45, 2.75) is 64.4 Å². The molecule has 34 heavy (non-hydrogen) atoms. The molecule has 1 aromatic heterocycles. The third-order valence-electron chi connectivity index (χ3n) is 6.53. The first kappa shape index (κ1) is 22.1. The van der Waals surface area contributed by atoms with Gasteiger partial charge in [0.15, 0.2) is 5.82 Å². The number of anilines is 1. The Balaban J connectivity index is 1.67. The van der Waals surface area contributed by atoms with Crippen LogP contribution in [0.15, 0.2) is 35.0 Å². The fraction of sp³-hybridized carbons (Fsp3) is 0.440. The Morgan fingerprint density at radius 2 is 1.94 bits per heavy atom. The summed E-state index contributed by atoms with van der Waals surface area (Å²) in [6, 6.07) is 6.55. The molecule has 5 rings (SSSR count). The molecule has 3 heterocycles. The van der Waals surface area contributed by atoms with E-state index in [1.54, 1.807) is 13.0 Å². The number of rotatable bonds is 1. The van der Waals surface area contributed by atoms with Crippen LogP contribution in [0.2, 0.25) is 0 Å². The number of fused-ring (bicyclic) bond motifs is 6. The molecule has 2 N–H and O–H groups in total. The maximum Gasteiger partial charge on any atom is 0.258 e. The van der Waals surface area contributed by atoms with E-state index >= 15 is 0 Å². The summed E-state index contributed by atoms with van der Waals surface area (Å²) in [4.78, 5) is 13.7. The van der Waals surface area contributed by atoms with Crippen molar-refractivity contribution in [3.63, 3.8) is 0 Å². The van der Waals surface area contributed by atoms with Crippen molar-refractivity contribution in [1.82, 2.24) is 9.97 Å². The summed E-state index contributed by atoms with van der Waals surface area (Å²) in [6.45, 7) is 5.90. The first-order chi connectivity index (χ1) is 16.3. The third kappa shape index (κ3) is 3.94. The summed E-state index contributed by atoms with van der Waals surface area (Å²) in [5.74, 6) is 0.847. The molecule has 8 nitrogen and oxygen atoms in total. The predicted molar refractivity (Wildman–Crippen MR) is 124 cm³/mol. The lowest BCUT2D eigenvalue weighted by molar-refractivity contribution is -0.0276. The lowest BCUT2D eigenvalue weighted by atomic mass is 9.89. The molecule has 1 saturated carbocycles. The van der Waals surface area contributed by atoms with Crippen molar-refractivity contribution >= 4 is 17.3 Å². The number of dihydropyridines is 1. The first-order valence-corrected chi connectivity index (χ1v) is 11.5.